The van der Waals surface area contributed by atoms with Crippen LogP contribution >= 0.6 is 11.8 Å². The topological polar surface area (TPSA) is 64.0 Å². The fourth-order valence-electron chi connectivity index (χ4n) is 3.44. The maximum Gasteiger partial charge on any atom is 0.279 e. The summed E-state index contributed by atoms with van der Waals surface area (Å²) in [7, 11) is 1.64. The number of halogens is 3. The van der Waals surface area contributed by atoms with Crippen molar-refractivity contribution in [3.63, 3.8) is 0 Å². The highest BCUT2D eigenvalue weighted by molar-refractivity contribution is 7.98. The smallest absolute Gasteiger partial charge is 0.279 e. The van der Waals surface area contributed by atoms with Crippen LogP contribution in [0, 0.1) is 17.5 Å². The Bertz CT molecular complexity index is 1200. The lowest BCUT2D eigenvalue weighted by atomic mass is 9.86. The van der Waals surface area contributed by atoms with Gasteiger partial charge in [0.15, 0.2) is 5.16 Å². The monoisotopic (exact) mass is 431 g/mol. The van der Waals surface area contributed by atoms with Gasteiger partial charge in [-0.05, 0) is 29.3 Å². The van der Waals surface area contributed by atoms with E-state index in [-0.39, 0.29) is 35.1 Å². The van der Waals surface area contributed by atoms with Gasteiger partial charge in [-0.2, -0.15) is 4.98 Å². The standard InChI is InChI=1S/C21H16F3N3O2S/c1-27-19-18(15(9-17(28)25-19)14-7-6-13(23)8-16(14)24)20(29)26-21(27)30-10-11-2-4-12(22)5-3-11/h2-8,15H,9-10H2,1H3,(H,25,28)/t15-/m1/s1. The summed E-state index contributed by atoms with van der Waals surface area (Å²) in [4.78, 5) is 29.2. The maximum absolute atomic E-state index is 14.4. The van der Waals surface area contributed by atoms with Crippen molar-refractivity contribution < 1.29 is 18.0 Å². The zero-order valence-electron chi connectivity index (χ0n) is 15.8. The molecule has 0 fully saturated rings. The summed E-state index contributed by atoms with van der Waals surface area (Å²) >= 11 is 1.25. The van der Waals surface area contributed by atoms with E-state index in [0.29, 0.717) is 10.9 Å². The molecule has 1 atom stereocenters. The van der Waals surface area contributed by atoms with E-state index in [0.717, 1.165) is 17.7 Å². The Balaban J connectivity index is 1.72. The van der Waals surface area contributed by atoms with Crippen LogP contribution in [0.2, 0.25) is 0 Å². The van der Waals surface area contributed by atoms with E-state index in [4.69, 9.17) is 0 Å². The Hall–Kier alpha value is -3.07. The van der Waals surface area contributed by atoms with Gasteiger partial charge in [-0.15, -0.1) is 0 Å². The predicted octanol–water partition coefficient (Wildman–Crippen LogP) is 3.96. The number of nitrogens with zero attached hydrogens (tertiary/aromatic N) is 2. The van der Waals surface area contributed by atoms with E-state index < -0.39 is 23.1 Å². The third-order valence-electron chi connectivity index (χ3n) is 4.92. The molecule has 0 aliphatic carbocycles. The summed E-state index contributed by atoms with van der Waals surface area (Å²) in [6, 6.07) is 9.02. The summed E-state index contributed by atoms with van der Waals surface area (Å²) < 4.78 is 42.3. The predicted molar refractivity (Wildman–Crippen MR) is 107 cm³/mol. The number of thioether (sulfide) groups is 1. The molecular formula is C21H16F3N3O2S. The molecule has 1 aliphatic rings. The minimum absolute atomic E-state index is 0.0677. The summed E-state index contributed by atoms with van der Waals surface area (Å²) in [5.74, 6) is -2.48. The molecule has 154 valence electrons. The average Bonchev–Trinajstić information content (AvgIpc) is 2.70. The second kappa shape index (κ2) is 7.98. The molecule has 1 aromatic heterocycles. The number of benzene rings is 2. The van der Waals surface area contributed by atoms with Crippen molar-refractivity contribution in [2.75, 3.05) is 5.32 Å². The van der Waals surface area contributed by atoms with Crippen LogP contribution in [-0.2, 0) is 17.6 Å². The highest BCUT2D eigenvalue weighted by Gasteiger charge is 2.33. The van der Waals surface area contributed by atoms with Crippen molar-refractivity contribution in [1.29, 1.82) is 0 Å². The first-order valence-corrected chi connectivity index (χ1v) is 10.0. The van der Waals surface area contributed by atoms with E-state index in [2.05, 4.69) is 10.3 Å². The highest BCUT2D eigenvalue weighted by atomic mass is 32.2. The molecule has 2 heterocycles. The molecule has 1 amide bonds. The van der Waals surface area contributed by atoms with Crippen LogP contribution in [0.15, 0.2) is 52.4 Å². The molecule has 1 N–H and O–H groups in total. The van der Waals surface area contributed by atoms with Crippen LogP contribution in [-0.4, -0.2) is 15.5 Å². The molecule has 0 radical (unpaired) electrons. The summed E-state index contributed by atoms with van der Waals surface area (Å²) in [5, 5.41) is 3.02. The van der Waals surface area contributed by atoms with Gasteiger partial charge in [0, 0.05) is 31.2 Å². The number of carbonyl (C=O) groups is 1. The molecule has 0 saturated carbocycles. The van der Waals surface area contributed by atoms with E-state index in [1.54, 1.807) is 23.7 Å². The summed E-state index contributed by atoms with van der Waals surface area (Å²) in [5.41, 5.74) is 0.481. The van der Waals surface area contributed by atoms with E-state index in [9.17, 15) is 22.8 Å². The van der Waals surface area contributed by atoms with Gasteiger partial charge >= 0.3 is 0 Å². The van der Waals surface area contributed by atoms with E-state index >= 15 is 0 Å². The molecule has 4 rings (SSSR count). The van der Waals surface area contributed by atoms with Gasteiger partial charge in [0.1, 0.15) is 23.3 Å². The number of anilines is 1. The first kappa shape index (κ1) is 20.2. The van der Waals surface area contributed by atoms with Crippen LogP contribution in [0.25, 0.3) is 0 Å². The largest absolute Gasteiger partial charge is 0.312 e. The lowest BCUT2D eigenvalue weighted by Gasteiger charge is -2.27. The number of amides is 1. The van der Waals surface area contributed by atoms with E-state index in [1.807, 2.05) is 0 Å². The number of carbonyl (C=O) groups excluding carboxylic acids is 1. The quantitative estimate of drug-likeness (QED) is 0.502. The normalized spacial score (nSPS) is 15.6. The minimum Gasteiger partial charge on any atom is -0.312 e. The molecule has 0 unspecified atom stereocenters. The number of rotatable bonds is 4. The molecule has 2 aromatic carbocycles. The number of hydrogen-bond donors (Lipinski definition) is 1. The summed E-state index contributed by atoms with van der Waals surface area (Å²) in [6.45, 7) is 0. The van der Waals surface area contributed by atoms with Crippen molar-refractivity contribution >= 4 is 23.5 Å². The van der Waals surface area contributed by atoms with Gasteiger partial charge in [-0.1, -0.05) is 30.0 Å². The highest BCUT2D eigenvalue weighted by Crippen LogP contribution is 2.37. The Morgan fingerprint density at radius 1 is 1.10 bits per heavy atom. The molecule has 0 spiro atoms. The first-order chi connectivity index (χ1) is 14.3. The second-order valence-corrected chi connectivity index (χ2v) is 7.85. The van der Waals surface area contributed by atoms with Crippen LogP contribution in [0.1, 0.15) is 29.0 Å². The van der Waals surface area contributed by atoms with Gasteiger partial charge in [-0.25, -0.2) is 13.2 Å². The van der Waals surface area contributed by atoms with Crippen molar-refractivity contribution in [3.8, 4) is 0 Å². The van der Waals surface area contributed by atoms with Crippen LogP contribution in [0.4, 0.5) is 19.0 Å². The number of hydrogen-bond acceptors (Lipinski definition) is 4. The van der Waals surface area contributed by atoms with Crippen LogP contribution < -0.4 is 10.9 Å². The Labute approximate surface area is 174 Å². The minimum atomic E-state index is -0.864. The maximum atomic E-state index is 14.4. The molecule has 1 aliphatic heterocycles. The molecular weight excluding hydrogens is 415 g/mol. The number of aromatic nitrogens is 2. The van der Waals surface area contributed by atoms with Crippen LogP contribution in [0.5, 0.6) is 0 Å². The molecule has 0 bridgehead atoms. The third kappa shape index (κ3) is 3.85. The van der Waals surface area contributed by atoms with E-state index in [1.165, 1.54) is 30.0 Å². The Kier molecular flexibility index (Phi) is 5.38. The summed E-state index contributed by atoms with van der Waals surface area (Å²) in [6.07, 6.45) is -0.144. The lowest BCUT2D eigenvalue weighted by Crippen LogP contribution is -2.33. The molecule has 0 saturated heterocycles. The molecule has 9 heteroatoms. The van der Waals surface area contributed by atoms with Gasteiger partial charge < -0.3 is 9.88 Å². The fraction of sp³-hybridized carbons (Fsp3) is 0.190. The molecule has 3 aromatic rings. The second-order valence-electron chi connectivity index (χ2n) is 6.91. The SMILES string of the molecule is Cn1c(SCc2ccc(F)cc2)nc(=O)c2c1NC(=O)C[C@@H]2c1ccc(F)cc1F. The van der Waals surface area contributed by atoms with Crippen LogP contribution in [0.3, 0.4) is 0 Å². The van der Waals surface area contributed by atoms with Gasteiger partial charge in [0.05, 0.1) is 5.56 Å². The van der Waals surface area contributed by atoms with Crippen molar-refractivity contribution in [2.45, 2.75) is 23.2 Å². The van der Waals surface area contributed by atoms with Gasteiger partial charge in [0.25, 0.3) is 5.56 Å². The molecule has 30 heavy (non-hydrogen) atoms. The molecule has 5 nitrogen and oxygen atoms in total. The van der Waals surface area contributed by atoms with Crippen molar-refractivity contribution in [2.24, 2.45) is 7.05 Å². The Morgan fingerprint density at radius 3 is 2.50 bits per heavy atom. The number of nitrogens with one attached hydrogen (secondary N) is 1. The third-order valence-corrected chi connectivity index (χ3v) is 6.02. The fourth-order valence-corrected chi connectivity index (χ4v) is 4.36. The zero-order chi connectivity index (χ0) is 21.4. The van der Waals surface area contributed by atoms with Gasteiger partial charge in [-0.3, -0.25) is 9.59 Å². The van der Waals surface area contributed by atoms with Crippen molar-refractivity contribution in [3.05, 3.63) is 87.0 Å². The van der Waals surface area contributed by atoms with Crippen molar-refractivity contribution in [1.82, 2.24) is 9.55 Å². The first-order valence-electron chi connectivity index (χ1n) is 9.06. The average molecular weight is 431 g/mol. The Morgan fingerprint density at radius 2 is 1.80 bits per heavy atom. The lowest BCUT2D eigenvalue weighted by molar-refractivity contribution is -0.116. The van der Waals surface area contributed by atoms with Gasteiger partial charge in [0.2, 0.25) is 5.91 Å². The zero-order valence-corrected chi connectivity index (χ0v) is 16.6. The number of fused-ring (bicyclic) bond motifs is 1.